The zero-order valence-electron chi connectivity index (χ0n) is 13.8. The van der Waals surface area contributed by atoms with Crippen molar-refractivity contribution in [2.75, 3.05) is 6.54 Å². The molecule has 0 unspecified atom stereocenters. The molecule has 2 aromatic rings. The summed E-state index contributed by atoms with van der Waals surface area (Å²) in [7, 11) is 0. The van der Waals surface area contributed by atoms with Gasteiger partial charge in [-0.15, -0.1) is 0 Å². The lowest BCUT2D eigenvalue weighted by molar-refractivity contribution is -0.145. The average Bonchev–Trinajstić information content (AvgIpc) is 3.26. The number of amides is 3. The minimum Gasteiger partial charge on any atom is -0.461 e. The predicted octanol–water partition coefficient (Wildman–Crippen LogP) is 1.70. The molecular formula is C16H17N3O6. The van der Waals surface area contributed by atoms with Crippen LogP contribution in [0.5, 0.6) is 0 Å². The number of imide groups is 1. The highest BCUT2D eigenvalue weighted by Gasteiger charge is 2.44. The summed E-state index contributed by atoms with van der Waals surface area (Å²) in [4.78, 5) is 36.5. The molecule has 3 heterocycles. The van der Waals surface area contributed by atoms with Crippen LogP contribution >= 0.6 is 0 Å². The predicted molar refractivity (Wildman–Crippen MR) is 82.9 cm³/mol. The van der Waals surface area contributed by atoms with E-state index in [4.69, 9.17) is 13.7 Å². The lowest BCUT2D eigenvalue weighted by Gasteiger charge is -2.15. The normalized spacial score (nSPS) is 16.2. The Balaban J connectivity index is 1.47. The van der Waals surface area contributed by atoms with Gasteiger partial charge in [0.05, 0.1) is 12.7 Å². The molecule has 9 nitrogen and oxygen atoms in total. The van der Waals surface area contributed by atoms with Crippen molar-refractivity contribution in [2.45, 2.75) is 32.4 Å². The highest BCUT2D eigenvalue weighted by atomic mass is 16.5. The fraction of sp³-hybridized carbons (Fsp3) is 0.375. The maximum atomic E-state index is 12.0. The van der Waals surface area contributed by atoms with Gasteiger partial charge in [0.15, 0.2) is 5.76 Å². The van der Waals surface area contributed by atoms with Gasteiger partial charge in [-0.1, -0.05) is 5.16 Å². The highest BCUT2D eigenvalue weighted by molar-refractivity contribution is 6.06. The minimum absolute atomic E-state index is 0.0383. The third-order valence-corrected chi connectivity index (χ3v) is 3.69. The Morgan fingerprint density at radius 2 is 2.16 bits per heavy atom. The van der Waals surface area contributed by atoms with Crippen molar-refractivity contribution >= 4 is 17.9 Å². The van der Waals surface area contributed by atoms with Gasteiger partial charge in [-0.25, -0.2) is 4.79 Å². The van der Waals surface area contributed by atoms with Crippen LogP contribution in [0, 0.1) is 0 Å². The summed E-state index contributed by atoms with van der Waals surface area (Å²) in [5.41, 5.74) is -0.528. The van der Waals surface area contributed by atoms with E-state index in [-0.39, 0.29) is 25.5 Å². The fourth-order valence-corrected chi connectivity index (χ4v) is 2.37. The number of nitrogens with one attached hydrogen (secondary N) is 1. The van der Waals surface area contributed by atoms with Gasteiger partial charge in [0.2, 0.25) is 5.76 Å². The van der Waals surface area contributed by atoms with Gasteiger partial charge in [0, 0.05) is 12.6 Å². The van der Waals surface area contributed by atoms with E-state index in [1.807, 2.05) is 0 Å². The molecule has 132 valence electrons. The minimum atomic E-state index is -0.954. The topological polar surface area (TPSA) is 115 Å². The molecule has 2 aromatic heterocycles. The molecule has 1 N–H and O–H groups in total. The molecule has 0 aromatic carbocycles. The highest BCUT2D eigenvalue weighted by Crippen LogP contribution is 2.21. The van der Waals surface area contributed by atoms with Crippen LogP contribution in [0.4, 0.5) is 4.79 Å². The van der Waals surface area contributed by atoms with Crippen molar-refractivity contribution in [3.05, 3.63) is 30.2 Å². The number of urea groups is 1. The molecule has 9 heteroatoms. The Labute approximate surface area is 142 Å². The van der Waals surface area contributed by atoms with Crippen LogP contribution in [-0.2, 0) is 20.9 Å². The monoisotopic (exact) mass is 347 g/mol. The van der Waals surface area contributed by atoms with E-state index in [0.717, 1.165) is 4.90 Å². The van der Waals surface area contributed by atoms with Crippen LogP contribution < -0.4 is 5.32 Å². The molecule has 0 saturated carbocycles. The Hall–Kier alpha value is -3.10. The first-order valence-corrected chi connectivity index (χ1v) is 7.66. The number of ether oxygens (including phenoxy) is 1. The van der Waals surface area contributed by atoms with Crippen molar-refractivity contribution in [2.24, 2.45) is 0 Å². The van der Waals surface area contributed by atoms with Gasteiger partial charge in [-0.05, 0) is 26.0 Å². The first kappa shape index (κ1) is 16.7. The number of carbonyl (C=O) groups excluding carboxylic acids is 3. The third-order valence-electron chi connectivity index (χ3n) is 3.69. The molecule has 0 radical (unpaired) electrons. The number of furan rings is 1. The smallest absolute Gasteiger partial charge is 0.325 e. The maximum Gasteiger partial charge on any atom is 0.325 e. The number of hydrogen-bond acceptors (Lipinski definition) is 7. The van der Waals surface area contributed by atoms with E-state index in [2.05, 4.69) is 10.5 Å². The Morgan fingerprint density at radius 1 is 1.36 bits per heavy atom. The molecule has 0 atom stereocenters. The second-order valence-electron chi connectivity index (χ2n) is 6.08. The third kappa shape index (κ3) is 3.54. The van der Waals surface area contributed by atoms with Crippen LogP contribution in [0.25, 0.3) is 11.5 Å². The number of hydrogen-bond donors (Lipinski definition) is 1. The largest absolute Gasteiger partial charge is 0.461 e. The van der Waals surface area contributed by atoms with Crippen LogP contribution in [-0.4, -0.2) is 40.0 Å². The van der Waals surface area contributed by atoms with Gasteiger partial charge in [-0.2, -0.15) is 0 Å². The molecule has 3 amide bonds. The van der Waals surface area contributed by atoms with Crippen LogP contribution in [0.1, 0.15) is 26.0 Å². The van der Waals surface area contributed by atoms with Crippen LogP contribution in [0.2, 0.25) is 0 Å². The fourth-order valence-electron chi connectivity index (χ4n) is 2.37. The summed E-state index contributed by atoms with van der Waals surface area (Å²) in [6, 6.07) is 4.53. The van der Waals surface area contributed by atoms with E-state index in [9.17, 15) is 14.4 Å². The summed E-state index contributed by atoms with van der Waals surface area (Å²) < 4.78 is 15.3. The van der Waals surface area contributed by atoms with Gasteiger partial charge < -0.3 is 19.0 Å². The number of carbonyl (C=O) groups is 3. The van der Waals surface area contributed by atoms with Crippen molar-refractivity contribution in [3.8, 4) is 11.5 Å². The summed E-state index contributed by atoms with van der Waals surface area (Å²) in [5, 5.41) is 6.33. The quantitative estimate of drug-likeness (QED) is 0.624. The van der Waals surface area contributed by atoms with Gasteiger partial charge in [0.25, 0.3) is 5.91 Å². The van der Waals surface area contributed by atoms with Crippen molar-refractivity contribution in [1.29, 1.82) is 0 Å². The van der Waals surface area contributed by atoms with Crippen LogP contribution in [0.15, 0.2) is 33.4 Å². The Morgan fingerprint density at radius 3 is 2.80 bits per heavy atom. The molecular weight excluding hydrogens is 330 g/mol. The van der Waals surface area contributed by atoms with E-state index in [1.165, 1.54) is 6.26 Å². The molecule has 1 aliphatic heterocycles. The molecule has 0 bridgehead atoms. The van der Waals surface area contributed by atoms with Crippen molar-refractivity contribution < 1.29 is 28.1 Å². The van der Waals surface area contributed by atoms with Crippen molar-refractivity contribution in [3.63, 3.8) is 0 Å². The molecule has 25 heavy (non-hydrogen) atoms. The van der Waals surface area contributed by atoms with Crippen LogP contribution in [0.3, 0.4) is 0 Å². The lowest BCUT2D eigenvalue weighted by atomic mass is 10.1. The number of aromatic nitrogens is 1. The average molecular weight is 347 g/mol. The zero-order chi connectivity index (χ0) is 18.0. The molecule has 1 saturated heterocycles. The number of rotatable bonds is 6. The van der Waals surface area contributed by atoms with Gasteiger partial charge in [0.1, 0.15) is 17.8 Å². The number of nitrogens with zero attached hydrogens (tertiary/aromatic N) is 2. The van der Waals surface area contributed by atoms with E-state index in [0.29, 0.717) is 17.2 Å². The van der Waals surface area contributed by atoms with Crippen molar-refractivity contribution in [1.82, 2.24) is 15.4 Å². The van der Waals surface area contributed by atoms with E-state index >= 15 is 0 Å². The second kappa shape index (κ2) is 6.42. The molecule has 0 spiro atoms. The molecule has 0 aliphatic carbocycles. The first-order valence-electron chi connectivity index (χ1n) is 7.66. The first-order chi connectivity index (χ1) is 11.9. The van der Waals surface area contributed by atoms with Gasteiger partial charge in [-0.3, -0.25) is 14.5 Å². The zero-order valence-corrected chi connectivity index (χ0v) is 13.8. The summed E-state index contributed by atoms with van der Waals surface area (Å²) in [5.74, 6) is 0.0293. The van der Waals surface area contributed by atoms with E-state index in [1.54, 1.807) is 32.0 Å². The summed E-state index contributed by atoms with van der Waals surface area (Å²) in [6.07, 6.45) is 1.41. The molecule has 1 fully saturated rings. The Bertz CT molecular complexity index is 793. The molecule has 1 aliphatic rings. The molecule has 3 rings (SSSR count). The SMILES string of the molecule is CC1(C)NC(=O)N(CCC(=O)OCc2cc(-c3ccco3)on2)C1=O. The standard InChI is InChI=1S/C16H17N3O6/c1-16(2)14(21)19(15(22)17-16)6-5-13(20)24-9-10-8-12(25-18-10)11-4-3-7-23-11/h3-4,7-8H,5-6,9H2,1-2H3,(H,17,22). The lowest BCUT2D eigenvalue weighted by Crippen LogP contribution is -2.40. The Kier molecular flexibility index (Phi) is 4.30. The second-order valence-corrected chi connectivity index (χ2v) is 6.08. The summed E-state index contributed by atoms with van der Waals surface area (Å²) >= 11 is 0. The number of esters is 1. The van der Waals surface area contributed by atoms with E-state index < -0.39 is 17.5 Å². The maximum absolute atomic E-state index is 12.0. The van der Waals surface area contributed by atoms with Gasteiger partial charge >= 0.3 is 12.0 Å². The summed E-state index contributed by atoms with van der Waals surface area (Å²) in [6.45, 7) is 3.09.